The fourth-order valence-corrected chi connectivity index (χ4v) is 3.54. The lowest BCUT2D eigenvalue weighted by molar-refractivity contribution is 0.0949. The van der Waals surface area contributed by atoms with Crippen LogP contribution < -0.4 is 0 Å². The summed E-state index contributed by atoms with van der Waals surface area (Å²) in [5, 5.41) is 9.02. The predicted molar refractivity (Wildman–Crippen MR) is 114 cm³/mol. The lowest BCUT2D eigenvalue weighted by atomic mass is 10.0. The van der Waals surface area contributed by atoms with Gasteiger partial charge in [0.1, 0.15) is 5.52 Å². The molecule has 2 aromatic heterocycles. The van der Waals surface area contributed by atoms with Crippen molar-refractivity contribution < 1.29 is 4.79 Å². The van der Waals surface area contributed by atoms with E-state index in [1.54, 1.807) is 0 Å². The van der Waals surface area contributed by atoms with Gasteiger partial charge in [0.25, 0.3) is 5.91 Å². The molecule has 0 fully saturated rings. The van der Waals surface area contributed by atoms with Gasteiger partial charge >= 0.3 is 0 Å². The minimum absolute atomic E-state index is 0.219. The maximum atomic E-state index is 13.5. The Labute approximate surface area is 167 Å². The van der Waals surface area contributed by atoms with Crippen LogP contribution in [0.3, 0.4) is 0 Å². The van der Waals surface area contributed by atoms with E-state index in [0.717, 1.165) is 28.6 Å². The zero-order chi connectivity index (χ0) is 19.8. The molecule has 140 valence electrons. The summed E-state index contributed by atoms with van der Waals surface area (Å²) < 4.78 is 1.36. The van der Waals surface area contributed by atoms with Crippen LogP contribution in [0, 0.1) is 0 Å². The molecule has 3 aromatic carbocycles. The van der Waals surface area contributed by atoms with Crippen molar-refractivity contribution in [3.63, 3.8) is 0 Å². The SMILES string of the molecule is CCc1ccc(-c2cc(C(=O)n3nnc4ccccc43)c3ccccc3n2)cc1. The summed E-state index contributed by atoms with van der Waals surface area (Å²) in [4.78, 5) is 18.2. The Morgan fingerprint density at radius 2 is 1.62 bits per heavy atom. The molecule has 0 saturated heterocycles. The highest BCUT2D eigenvalue weighted by Crippen LogP contribution is 2.26. The number of nitrogens with zero attached hydrogens (tertiary/aromatic N) is 4. The highest BCUT2D eigenvalue weighted by Gasteiger charge is 2.18. The second-order valence-corrected chi connectivity index (χ2v) is 6.92. The Bertz CT molecular complexity index is 1350. The van der Waals surface area contributed by atoms with E-state index in [2.05, 4.69) is 41.5 Å². The van der Waals surface area contributed by atoms with Crippen LogP contribution in [0.2, 0.25) is 0 Å². The smallest absolute Gasteiger partial charge is 0.267 e. The van der Waals surface area contributed by atoms with Gasteiger partial charge in [0, 0.05) is 10.9 Å². The quantitative estimate of drug-likeness (QED) is 0.448. The minimum atomic E-state index is -0.219. The van der Waals surface area contributed by atoms with Crippen molar-refractivity contribution in [3.05, 3.63) is 90.0 Å². The van der Waals surface area contributed by atoms with Crippen LogP contribution >= 0.6 is 0 Å². The number of benzene rings is 3. The van der Waals surface area contributed by atoms with Crippen molar-refractivity contribution in [3.8, 4) is 11.3 Å². The molecule has 0 N–H and O–H groups in total. The van der Waals surface area contributed by atoms with Gasteiger partial charge in [-0.05, 0) is 36.2 Å². The Kier molecular flexibility index (Phi) is 4.13. The number of pyridine rings is 1. The summed E-state index contributed by atoms with van der Waals surface area (Å²) in [5.74, 6) is -0.219. The van der Waals surface area contributed by atoms with E-state index in [-0.39, 0.29) is 5.91 Å². The van der Waals surface area contributed by atoms with Crippen molar-refractivity contribution >= 4 is 27.8 Å². The molecule has 0 spiro atoms. The van der Waals surface area contributed by atoms with E-state index in [4.69, 9.17) is 4.98 Å². The van der Waals surface area contributed by atoms with Crippen LogP contribution in [-0.2, 0) is 6.42 Å². The zero-order valence-electron chi connectivity index (χ0n) is 15.9. The first-order valence-electron chi connectivity index (χ1n) is 9.59. The fraction of sp³-hybridized carbons (Fsp3) is 0.0833. The first kappa shape index (κ1) is 17.3. The van der Waals surface area contributed by atoms with E-state index in [0.29, 0.717) is 16.6 Å². The van der Waals surface area contributed by atoms with Gasteiger partial charge in [0.05, 0.1) is 22.3 Å². The number of carbonyl (C=O) groups is 1. The number of fused-ring (bicyclic) bond motifs is 2. The molecule has 5 aromatic rings. The molecule has 0 amide bonds. The Balaban J connectivity index is 1.70. The van der Waals surface area contributed by atoms with E-state index in [1.807, 2.05) is 54.6 Å². The van der Waals surface area contributed by atoms with Gasteiger partial charge in [0.2, 0.25) is 0 Å². The molecule has 0 aliphatic carbocycles. The molecule has 0 bridgehead atoms. The van der Waals surface area contributed by atoms with Crippen LogP contribution in [0.4, 0.5) is 0 Å². The standard InChI is InChI=1S/C24H18N4O/c1-2-16-11-13-17(14-12-16)22-15-19(18-7-3-4-8-20(18)25-22)24(29)28-23-10-6-5-9-21(23)26-27-28/h3-15H,2H2,1H3. The van der Waals surface area contributed by atoms with Crippen molar-refractivity contribution in [1.82, 2.24) is 20.0 Å². The zero-order valence-corrected chi connectivity index (χ0v) is 15.9. The second-order valence-electron chi connectivity index (χ2n) is 6.92. The van der Waals surface area contributed by atoms with Crippen molar-refractivity contribution in [2.45, 2.75) is 13.3 Å². The predicted octanol–water partition coefficient (Wildman–Crippen LogP) is 4.90. The molecule has 29 heavy (non-hydrogen) atoms. The highest BCUT2D eigenvalue weighted by atomic mass is 16.2. The molecule has 0 aliphatic rings. The summed E-state index contributed by atoms with van der Waals surface area (Å²) in [5.41, 5.74) is 5.71. The van der Waals surface area contributed by atoms with Gasteiger partial charge in [0.15, 0.2) is 0 Å². The molecule has 0 aliphatic heterocycles. The average molecular weight is 378 g/mol. The van der Waals surface area contributed by atoms with E-state index in [1.165, 1.54) is 10.2 Å². The number of hydrogen-bond donors (Lipinski definition) is 0. The molecule has 2 heterocycles. The third-order valence-electron chi connectivity index (χ3n) is 5.15. The Morgan fingerprint density at radius 3 is 2.41 bits per heavy atom. The number of rotatable bonds is 3. The molecule has 0 atom stereocenters. The number of hydrogen-bond acceptors (Lipinski definition) is 4. The number of aromatic nitrogens is 4. The summed E-state index contributed by atoms with van der Waals surface area (Å²) in [6.07, 6.45) is 0.981. The van der Waals surface area contributed by atoms with Gasteiger partial charge in [-0.15, -0.1) is 5.10 Å². The van der Waals surface area contributed by atoms with E-state index in [9.17, 15) is 4.79 Å². The summed E-state index contributed by atoms with van der Waals surface area (Å²) in [6.45, 7) is 2.13. The lowest BCUT2D eigenvalue weighted by Crippen LogP contribution is -2.14. The lowest BCUT2D eigenvalue weighted by Gasteiger charge is -2.10. The van der Waals surface area contributed by atoms with Crippen molar-refractivity contribution in [2.75, 3.05) is 0 Å². The summed E-state index contributed by atoms with van der Waals surface area (Å²) >= 11 is 0. The second kappa shape index (κ2) is 6.95. The Morgan fingerprint density at radius 1 is 0.897 bits per heavy atom. The van der Waals surface area contributed by atoms with Crippen LogP contribution in [0.5, 0.6) is 0 Å². The van der Waals surface area contributed by atoms with Crippen LogP contribution in [0.15, 0.2) is 78.9 Å². The van der Waals surface area contributed by atoms with Gasteiger partial charge < -0.3 is 0 Å². The highest BCUT2D eigenvalue weighted by molar-refractivity contribution is 6.09. The third kappa shape index (κ3) is 2.97. The van der Waals surface area contributed by atoms with Gasteiger partial charge in [-0.25, -0.2) is 4.98 Å². The Hall–Kier alpha value is -3.86. The number of carbonyl (C=O) groups excluding carboxylic acids is 1. The van der Waals surface area contributed by atoms with E-state index < -0.39 is 0 Å². The molecular weight excluding hydrogens is 360 g/mol. The number of aryl methyl sites for hydroxylation is 1. The van der Waals surface area contributed by atoms with Crippen LogP contribution in [0.25, 0.3) is 33.2 Å². The van der Waals surface area contributed by atoms with Crippen LogP contribution in [-0.4, -0.2) is 25.9 Å². The molecule has 0 saturated carbocycles. The molecule has 5 nitrogen and oxygen atoms in total. The first-order valence-corrected chi connectivity index (χ1v) is 9.59. The summed E-state index contributed by atoms with van der Waals surface area (Å²) in [7, 11) is 0. The third-order valence-corrected chi connectivity index (χ3v) is 5.15. The number of para-hydroxylation sites is 2. The molecule has 0 radical (unpaired) electrons. The van der Waals surface area contributed by atoms with E-state index >= 15 is 0 Å². The largest absolute Gasteiger partial charge is 0.280 e. The monoisotopic (exact) mass is 378 g/mol. The van der Waals surface area contributed by atoms with Crippen LogP contribution in [0.1, 0.15) is 22.8 Å². The molecule has 5 rings (SSSR count). The maximum Gasteiger partial charge on any atom is 0.280 e. The van der Waals surface area contributed by atoms with Gasteiger partial charge in [-0.1, -0.05) is 66.7 Å². The molecule has 5 heteroatoms. The van der Waals surface area contributed by atoms with Gasteiger partial charge in [-0.3, -0.25) is 4.79 Å². The summed E-state index contributed by atoms with van der Waals surface area (Å²) in [6, 6.07) is 25.3. The van der Waals surface area contributed by atoms with Gasteiger partial charge in [-0.2, -0.15) is 4.68 Å². The molecular formula is C24H18N4O. The maximum absolute atomic E-state index is 13.5. The average Bonchev–Trinajstić information content (AvgIpc) is 3.22. The van der Waals surface area contributed by atoms with Crippen molar-refractivity contribution in [2.24, 2.45) is 0 Å². The first-order chi connectivity index (χ1) is 14.2. The topological polar surface area (TPSA) is 60.7 Å². The minimum Gasteiger partial charge on any atom is -0.267 e. The normalized spacial score (nSPS) is 11.2. The molecule has 0 unspecified atom stereocenters. The van der Waals surface area contributed by atoms with Crippen molar-refractivity contribution in [1.29, 1.82) is 0 Å². The fourth-order valence-electron chi connectivity index (χ4n) is 3.54.